The molecule has 3 rings (SSSR count). The summed E-state index contributed by atoms with van der Waals surface area (Å²) in [6.45, 7) is -0.393. The van der Waals surface area contributed by atoms with Crippen molar-refractivity contribution in [2.24, 2.45) is 5.92 Å². The average molecular weight is 516 g/mol. The Kier molecular flexibility index (Phi) is 6.66. The van der Waals surface area contributed by atoms with Crippen LogP contribution < -0.4 is 10.6 Å². The first-order valence-electron chi connectivity index (χ1n) is 9.01. The molecular formula is C20H14Cl3F5N2O2. The molecule has 4 nitrogen and oxygen atoms in total. The molecule has 2 atom stereocenters. The smallest absolute Gasteiger partial charge is 0.343 e. The third kappa shape index (κ3) is 5.10. The molecule has 0 spiro atoms. The number of rotatable bonds is 5. The van der Waals surface area contributed by atoms with E-state index in [0.717, 1.165) is 18.2 Å². The maximum absolute atomic E-state index is 14.3. The molecule has 0 bridgehead atoms. The van der Waals surface area contributed by atoms with Gasteiger partial charge in [0.25, 0.3) is 5.91 Å². The number of benzene rings is 2. The van der Waals surface area contributed by atoms with Gasteiger partial charge in [0, 0.05) is 17.2 Å². The van der Waals surface area contributed by atoms with Gasteiger partial charge in [-0.3, -0.25) is 9.59 Å². The Morgan fingerprint density at radius 2 is 1.75 bits per heavy atom. The lowest BCUT2D eigenvalue weighted by Gasteiger charge is -2.13. The van der Waals surface area contributed by atoms with Crippen LogP contribution in [0.15, 0.2) is 30.3 Å². The molecule has 172 valence electrons. The molecule has 12 heteroatoms. The van der Waals surface area contributed by atoms with Crippen LogP contribution in [0.5, 0.6) is 0 Å². The van der Waals surface area contributed by atoms with E-state index in [9.17, 15) is 31.5 Å². The highest BCUT2D eigenvalue weighted by atomic mass is 35.5. The Balaban J connectivity index is 1.79. The second-order valence-electron chi connectivity index (χ2n) is 7.22. The number of carbonyl (C=O) groups is 2. The number of amides is 2. The minimum Gasteiger partial charge on any atom is -0.343 e. The van der Waals surface area contributed by atoms with E-state index < -0.39 is 52.3 Å². The maximum atomic E-state index is 14.3. The first kappa shape index (κ1) is 24.5. The van der Waals surface area contributed by atoms with Crippen molar-refractivity contribution < 1.29 is 31.5 Å². The fourth-order valence-corrected chi connectivity index (χ4v) is 4.27. The Labute approximate surface area is 194 Å². The third-order valence-electron chi connectivity index (χ3n) is 4.94. The van der Waals surface area contributed by atoms with Crippen LogP contribution >= 0.6 is 34.8 Å². The first-order valence-corrected chi connectivity index (χ1v) is 10.1. The number of hydrogen-bond donors (Lipinski definition) is 2. The van der Waals surface area contributed by atoms with Crippen molar-refractivity contribution >= 4 is 52.3 Å². The molecule has 32 heavy (non-hydrogen) atoms. The number of halogens is 8. The number of alkyl halides is 5. The van der Waals surface area contributed by atoms with E-state index in [1.807, 2.05) is 0 Å². The number of carbonyl (C=O) groups excluding carboxylic acids is 2. The van der Waals surface area contributed by atoms with Gasteiger partial charge in [0.05, 0.1) is 10.9 Å². The molecule has 2 aromatic carbocycles. The van der Waals surface area contributed by atoms with Gasteiger partial charge in [0.15, 0.2) is 0 Å². The Morgan fingerprint density at radius 3 is 2.34 bits per heavy atom. The SMILES string of the molecule is Cc1c(F)cc(NC(=O)C2C(c3ccc(F)c(Cl)c3)C2(Cl)Cl)cc1C(=O)NCC(F)(F)F. The molecule has 1 fully saturated rings. The minimum atomic E-state index is -4.65. The maximum Gasteiger partial charge on any atom is 0.405 e. The zero-order valence-electron chi connectivity index (χ0n) is 16.1. The van der Waals surface area contributed by atoms with Crippen molar-refractivity contribution in [3.8, 4) is 0 Å². The summed E-state index contributed by atoms with van der Waals surface area (Å²) < 4.78 is 63.2. The monoisotopic (exact) mass is 514 g/mol. The van der Waals surface area contributed by atoms with E-state index in [0.29, 0.717) is 5.56 Å². The summed E-state index contributed by atoms with van der Waals surface area (Å²) in [5.41, 5.74) is -0.354. The fourth-order valence-electron chi connectivity index (χ4n) is 3.26. The van der Waals surface area contributed by atoms with Crippen molar-refractivity contribution in [2.45, 2.75) is 23.4 Å². The van der Waals surface area contributed by atoms with Crippen molar-refractivity contribution in [3.05, 3.63) is 63.7 Å². The Bertz CT molecular complexity index is 1090. The van der Waals surface area contributed by atoms with Gasteiger partial charge < -0.3 is 10.6 Å². The van der Waals surface area contributed by atoms with Crippen molar-refractivity contribution in [3.63, 3.8) is 0 Å². The van der Waals surface area contributed by atoms with E-state index in [2.05, 4.69) is 5.32 Å². The second-order valence-corrected chi connectivity index (χ2v) is 9.07. The largest absolute Gasteiger partial charge is 0.405 e. The molecule has 0 saturated heterocycles. The number of anilines is 1. The summed E-state index contributed by atoms with van der Waals surface area (Å²) in [4.78, 5) is 24.8. The average Bonchev–Trinajstić information content (AvgIpc) is 3.26. The van der Waals surface area contributed by atoms with Gasteiger partial charge in [0.1, 0.15) is 22.5 Å². The highest BCUT2D eigenvalue weighted by Gasteiger charge is 2.67. The molecule has 1 aliphatic carbocycles. The van der Waals surface area contributed by atoms with Gasteiger partial charge in [-0.05, 0) is 42.3 Å². The Morgan fingerprint density at radius 1 is 1.09 bits per heavy atom. The fraction of sp³-hybridized carbons (Fsp3) is 0.300. The molecule has 0 heterocycles. The van der Waals surface area contributed by atoms with Crippen LogP contribution in [0, 0.1) is 24.5 Å². The second kappa shape index (κ2) is 8.68. The molecular weight excluding hydrogens is 502 g/mol. The van der Waals surface area contributed by atoms with Crippen LogP contribution in [0.3, 0.4) is 0 Å². The van der Waals surface area contributed by atoms with Crippen LogP contribution in [0.1, 0.15) is 27.4 Å². The summed E-state index contributed by atoms with van der Waals surface area (Å²) in [5.74, 6) is -5.23. The molecule has 0 aromatic heterocycles. The molecule has 1 saturated carbocycles. The first-order chi connectivity index (χ1) is 14.7. The van der Waals surface area contributed by atoms with Gasteiger partial charge >= 0.3 is 6.18 Å². The lowest BCUT2D eigenvalue weighted by Crippen LogP contribution is -2.34. The zero-order chi connectivity index (χ0) is 24.0. The van der Waals surface area contributed by atoms with Crippen LogP contribution in [-0.4, -0.2) is 28.9 Å². The van der Waals surface area contributed by atoms with Gasteiger partial charge in [0.2, 0.25) is 5.91 Å². The molecule has 0 radical (unpaired) electrons. The predicted octanol–water partition coefficient (Wildman–Crippen LogP) is 5.74. The lowest BCUT2D eigenvalue weighted by atomic mass is 10.1. The van der Waals surface area contributed by atoms with Crippen LogP contribution in [0.25, 0.3) is 0 Å². The Hall–Kier alpha value is -2.10. The third-order valence-corrected chi connectivity index (χ3v) is 6.17. The quantitative estimate of drug-likeness (QED) is 0.394. The van der Waals surface area contributed by atoms with Crippen molar-refractivity contribution in [2.75, 3.05) is 11.9 Å². The number of nitrogens with one attached hydrogen (secondary N) is 2. The standard InChI is InChI=1S/C20H14Cl3F5N2O2/c1-8-11(17(31)29-7-19(26,27)28)5-10(6-14(8)25)30-18(32)16-15(20(16,22)23)9-2-3-13(24)12(21)4-9/h2-6,15-16H,7H2,1H3,(H,29,31)(H,30,32). The zero-order valence-corrected chi connectivity index (χ0v) is 18.4. The van der Waals surface area contributed by atoms with E-state index in [1.165, 1.54) is 19.1 Å². The van der Waals surface area contributed by atoms with Crippen LogP contribution in [-0.2, 0) is 4.79 Å². The van der Waals surface area contributed by atoms with E-state index in [4.69, 9.17) is 34.8 Å². The van der Waals surface area contributed by atoms with Gasteiger partial charge in [-0.25, -0.2) is 8.78 Å². The highest BCUT2D eigenvalue weighted by molar-refractivity contribution is 6.53. The van der Waals surface area contributed by atoms with Crippen molar-refractivity contribution in [1.82, 2.24) is 5.32 Å². The number of hydrogen-bond acceptors (Lipinski definition) is 2. The highest BCUT2D eigenvalue weighted by Crippen LogP contribution is 2.65. The molecule has 2 N–H and O–H groups in total. The molecule has 0 aliphatic heterocycles. The molecule has 2 aromatic rings. The molecule has 1 aliphatic rings. The molecule has 2 amide bonds. The van der Waals surface area contributed by atoms with E-state index in [1.54, 1.807) is 5.32 Å². The van der Waals surface area contributed by atoms with E-state index >= 15 is 0 Å². The van der Waals surface area contributed by atoms with Gasteiger partial charge in [-0.15, -0.1) is 23.2 Å². The predicted molar refractivity (Wildman–Crippen MR) is 110 cm³/mol. The normalized spacial score (nSPS) is 19.4. The van der Waals surface area contributed by atoms with Gasteiger partial charge in [-0.2, -0.15) is 13.2 Å². The summed E-state index contributed by atoms with van der Waals surface area (Å²) in [7, 11) is 0. The van der Waals surface area contributed by atoms with Crippen LogP contribution in [0.4, 0.5) is 27.6 Å². The summed E-state index contributed by atoms with van der Waals surface area (Å²) in [6, 6.07) is 5.69. The summed E-state index contributed by atoms with van der Waals surface area (Å²) in [6.07, 6.45) is -4.65. The van der Waals surface area contributed by atoms with E-state index in [-0.39, 0.29) is 21.8 Å². The van der Waals surface area contributed by atoms with Crippen LogP contribution in [0.2, 0.25) is 5.02 Å². The van der Waals surface area contributed by atoms with Crippen molar-refractivity contribution in [1.29, 1.82) is 0 Å². The lowest BCUT2D eigenvalue weighted by molar-refractivity contribution is -0.123. The topological polar surface area (TPSA) is 58.2 Å². The molecule has 2 unspecified atom stereocenters. The summed E-state index contributed by atoms with van der Waals surface area (Å²) in [5, 5.41) is 3.82. The minimum absolute atomic E-state index is 0.179. The van der Waals surface area contributed by atoms with Gasteiger partial charge in [-0.1, -0.05) is 17.7 Å². The summed E-state index contributed by atoms with van der Waals surface area (Å²) >= 11 is 18.2.